The molecule has 0 aromatic carbocycles. The summed E-state index contributed by atoms with van der Waals surface area (Å²) in [5.41, 5.74) is 2.70. The molecular weight excluding hydrogens is 256 g/mol. The van der Waals surface area contributed by atoms with Crippen LogP contribution in [-0.4, -0.2) is 26.2 Å². The van der Waals surface area contributed by atoms with Crippen molar-refractivity contribution >= 4 is 11.9 Å². The quantitative estimate of drug-likeness (QED) is 0.574. The summed E-state index contributed by atoms with van der Waals surface area (Å²) in [4.78, 5) is 24.4. The Morgan fingerprint density at radius 3 is 2.55 bits per heavy atom. The maximum atomic E-state index is 12.2. The molecule has 4 nitrogen and oxygen atoms in total. The van der Waals surface area contributed by atoms with Crippen LogP contribution in [0, 0.1) is 11.3 Å². The van der Waals surface area contributed by atoms with Gasteiger partial charge >= 0.3 is 11.9 Å². The molecule has 0 radical (unpaired) electrons. The van der Waals surface area contributed by atoms with E-state index in [-0.39, 0.29) is 0 Å². The number of carbonyl (C=O) groups excluding carboxylic acids is 2. The molecule has 108 valence electrons. The number of hydrogen-bond acceptors (Lipinski definition) is 4. The fourth-order valence-corrected chi connectivity index (χ4v) is 4.05. The van der Waals surface area contributed by atoms with Crippen LogP contribution in [-0.2, 0) is 19.1 Å². The van der Waals surface area contributed by atoms with Crippen LogP contribution in [0.3, 0.4) is 0 Å². The van der Waals surface area contributed by atoms with Crippen LogP contribution < -0.4 is 0 Å². The smallest absolute Gasteiger partial charge is 0.323 e. The Hall–Kier alpha value is -1.58. The molecule has 1 unspecified atom stereocenters. The summed E-state index contributed by atoms with van der Waals surface area (Å²) in [6, 6.07) is 0. The first-order chi connectivity index (χ1) is 9.62. The van der Waals surface area contributed by atoms with Crippen molar-refractivity contribution in [3.8, 4) is 0 Å². The maximum Gasteiger partial charge on any atom is 0.323 e. The van der Waals surface area contributed by atoms with Crippen molar-refractivity contribution in [2.45, 2.75) is 38.5 Å². The second-order valence-electron chi connectivity index (χ2n) is 5.98. The Morgan fingerprint density at radius 1 is 1.20 bits per heavy atom. The van der Waals surface area contributed by atoms with Crippen LogP contribution in [0.25, 0.3) is 0 Å². The van der Waals surface area contributed by atoms with E-state index < -0.39 is 17.4 Å². The highest BCUT2D eigenvalue weighted by atomic mass is 16.5. The van der Waals surface area contributed by atoms with E-state index in [1.54, 1.807) is 0 Å². The lowest BCUT2D eigenvalue weighted by Gasteiger charge is -2.22. The summed E-state index contributed by atoms with van der Waals surface area (Å²) in [7, 11) is 2.67. The lowest BCUT2D eigenvalue weighted by Crippen LogP contribution is -2.38. The van der Waals surface area contributed by atoms with Crippen LogP contribution >= 0.6 is 0 Å². The van der Waals surface area contributed by atoms with Gasteiger partial charge < -0.3 is 9.47 Å². The van der Waals surface area contributed by atoms with E-state index in [1.165, 1.54) is 38.2 Å². The normalized spacial score (nSPS) is 26.7. The number of fused-ring (bicyclic) bond motifs is 2. The van der Waals surface area contributed by atoms with Gasteiger partial charge in [-0.15, -0.1) is 0 Å². The van der Waals surface area contributed by atoms with Crippen LogP contribution in [0.2, 0.25) is 0 Å². The minimum Gasteiger partial charge on any atom is -0.468 e. The van der Waals surface area contributed by atoms with Crippen LogP contribution in [0.5, 0.6) is 0 Å². The topological polar surface area (TPSA) is 52.6 Å². The third-order valence-corrected chi connectivity index (χ3v) is 5.04. The highest BCUT2D eigenvalue weighted by Gasteiger charge is 2.55. The summed E-state index contributed by atoms with van der Waals surface area (Å²) in [6.07, 6.45) is 7.69. The molecular formula is C16H20O4. The molecule has 0 amide bonds. The molecule has 1 atom stereocenters. The van der Waals surface area contributed by atoms with Gasteiger partial charge in [0, 0.05) is 0 Å². The highest BCUT2D eigenvalue weighted by Crippen LogP contribution is 2.53. The predicted octanol–water partition coefficient (Wildman–Crippen LogP) is 2.54. The van der Waals surface area contributed by atoms with Crippen LogP contribution in [0.4, 0.5) is 0 Å². The van der Waals surface area contributed by atoms with Crippen LogP contribution in [0.15, 0.2) is 22.8 Å². The zero-order valence-electron chi connectivity index (χ0n) is 12.0. The maximum absolute atomic E-state index is 12.2. The average Bonchev–Trinajstić information content (AvgIpc) is 3.08. The molecule has 20 heavy (non-hydrogen) atoms. The molecule has 4 heteroatoms. The number of hydrogen-bond donors (Lipinski definition) is 0. The third kappa shape index (κ3) is 1.74. The van der Waals surface area contributed by atoms with Crippen molar-refractivity contribution < 1.29 is 19.1 Å². The molecule has 2 fully saturated rings. The standard InChI is InChI=1S/C16H20O4/c1-19-14(17)16(15(18)20-2)8-11-7-6-10-4-3-5-12(10)13(11)9-16/h7,10H,3-6,8-9H2,1-2H3. The Labute approximate surface area is 118 Å². The van der Waals surface area contributed by atoms with Gasteiger partial charge in [0.1, 0.15) is 0 Å². The summed E-state index contributed by atoms with van der Waals surface area (Å²) >= 11 is 0. The second kappa shape index (κ2) is 4.76. The number of allylic oxidation sites excluding steroid dienone is 4. The fraction of sp³-hybridized carbons (Fsp3) is 0.625. The first-order valence-corrected chi connectivity index (χ1v) is 7.20. The second-order valence-corrected chi connectivity index (χ2v) is 5.98. The van der Waals surface area contributed by atoms with Gasteiger partial charge in [0.2, 0.25) is 0 Å². The summed E-state index contributed by atoms with van der Waals surface area (Å²) < 4.78 is 9.78. The van der Waals surface area contributed by atoms with E-state index in [0.29, 0.717) is 18.8 Å². The number of ether oxygens (including phenoxy) is 2. The van der Waals surface area contributed by atoms with Gasteiger partial charge in [-0.3, -0.25) is 9.59 Å². The van der Waals surface area contributed by atoms with Gasteiger partial charge in [-0.25, -0.2) is 0 Å². The van der Waals surface area contributed by atoms with Crippen molar-refractivity contribution in [2.75, 3.05) is 14.2 Å². The lowest BCUT2D eigenvalue weighted by molar-refractivity contribution is -0.168. The van der Waals surface area contributed by atoms with E-state index in [4.69, 9.17) is 9.47 Å². The molecule has 0 aromatic rings. The largest absolute Gasteiger partial charge is 0.468 e. The minimum atomic E-state index is -1.16. The Balaban J connectivity index is 2.03. The van der Waals surface area contributed by atoms with E-state index in [9.17, 15) is 9.59 Å². The summed E-state index contributed by atoms with van der Waals surface area (Å²) in [5.74, 6) is -0.315. The van der Waals surface area contributed by atoms with Gasteiger partial charge in [0.15, 0.2) is 5.41 Å². The molecule has 0 saturated heterocycles. The van der Waals surface area contributed by atoms with Crippen molar-refractivity contribution in [3.05, 3.63) is 22.8 Å². The van der Waals surface area contributed by atoms with Crippen molar-refractivity contribution in [3.63, 3.8) is 0 Å². The van der Waals surface area contributed by atoms with Gasteiger partial charge in [0.25, 0.3) is 0 Å². The lowest BCUT2D eigenvalue weighted by atomic mass is 9.84. The Morgan fingerprint density at radius 2 is 1.90 bits per heavy atom. The molecule has 0 aliphatic heterocycles. The molecule has 3 rings (SSSR count). The number of rotatable bonds is 2. The first-order valence-electron chi connectivity index (χ1n) is 7.20. The molecule has 0 bridgehead atoms. The van der Waals surface area contributed by atoms with E-state index in [2.05, 4.69) is 6.08 Å². The van der Waals surface area contributed by atoms with E-state index >= 15 is 0 Å². The highest BCUT2D eigenvalue weighted by molar-refractivity contribution is 6.02. The monoisotopic (exact) mass is 276 g/mol. The zero-order chi connectivity index (χ0) is 14.3. The summed E-state index contributed by atoms with van der Waals surface area (Å²) in [5, 5.41) is 0. The molecule has 0 N–H and O–H groups in total. The predicted molar refractivity (Wildman–Crippen MR) is 72.8 cm³/mol. The Kier molecular flexibility index (Phi) is 3.19. The van der Waals surface area contributed by atoms with Crippen molar-refractivity contribution in [1.82, 2.24) is 0 Å². The van der Waals surface area contributed by atoms with Gasteiger partial charge in [-0.2, -0.15) is 0 Å². The molecule has 0 aromatic heterocycles. The molecule has 3 aliphatic carbocycles. The number of esters is 2. The van der Waals surface area contributed by atoms with E-state index in [1.807, 2.05) is 0 Å². The van der Waals surface area contributed by atoms with Crippen molar-refractivity contribution in [2.24, 2.45) is 11.3 Å². The zero-order valence-corrected chi connectivity index (χ0v) is 12.0. The Bertz CT molecular complexity index is 511. The minimum absolute atomic E-state index is 0.428. The fourth-order valence-electron chi connectivity index (χ4n) is 4.05. The van der Waals surface area contributed by atoms with Gasteiger partial charge in [-0.05, 0) is 55.6 Å². The first kappa shape index (κ1) is 13.4. The van der Waals surface area contributed by atoms with Crippen molar-refractivity contribution in [1.29, 1.82) is 0 Å². The summed E-state index contributed by atoms with van der Waals surface area (Å²) in [6.45, 7) is 0. The molecule has 3 aliphatic rings. The van der Waals surface area contributed by atoms with Gasteiger partial charge in [-0.1, -0.05) is 11.6 Å². The molecule has 0 heterocycles. The molecule has 2 saturated carbocycles. The number of methoxy groups -OCH3 is 2. The third-order valence-electron chi connectivity index (χ3n) is 5.04. The van der Waals surface area contributed by atoms with Gasteiger partial charge in [0.05, 0.1) is 14.2 Å². The van der Waals surface area contributed by atoms with Crippen LogP contribution in [0.1, 0.15) is 38.5 Å². The van der Waals surface area contributed by atoms with E-state index in [0.717, 1.165) is 18.4 Å². The molecule has 0 spiro atoms. The average molecular weight is 276 g/mol. The SMILES string of the molecule is COC(=O)C1(C(=O)OC)CC2=CCC3CCCC3=C2C1. The number of carbonyl (C=O) groups is 2.